The summed E-state index contributed by atoms with van der Waals surface area (Å²) in [6.07, 6.45) is 0. The van der Waals surface area contributed by atoms with Gasteiger partial charge in [-0.3, -0.25) is 4.99 Å². The Morgan fingerprint density at radius 3 is 2.28 bits per heavy atom. The van der Waals surface area contributed by atoms with Gasteiger partial charge < -0.3 is 0 Å². The zero-order chi connectivity index (χ0) is 12.8. The van der Waals surface area contributed by atoms with Gasteiger partial charge in [0.2, 0.25) is 0 Å². The van der Waals surface area contributed by atoms with E-state index < -0.39 is 0 Å². The Labute approximate surface area is 106 Å². The third-order valence-electron chi connectivity index (χ3n) is 3.52. The molecule has 0 spiro atoms. The molecule has 0 amide bonds. The van der Waals surface area contributed by atoms with Gasteiger partial charge in [-0.15, -0.1) is 0 Å². The van der Waals surface area contributed by atoms with Crippen LogP contribution >= 0.6 is 0 Å². The molecule has 90 valence electrons. The van der Waals surface area contributed by atoms with Crippen molar-refractivity contribution >= 4 is 11.4 Å². The summed E-state index contributed by atoms with van der Waals surface area (Å²) in [7, 11) is 0. The van der Waals surface area contributed by atoms with Crippen molar-refractivity contribution in [1.29, 1.82) is 0 Å². The summed E-state index contributed by atoms with van der Waals surface area (Å²) in [5, 5.41) is 0. The number of rotatable bonds is 1. The van der Waals surface area contributed by atoms with Gasteiger partial charge in [-0.05, 0) is 29.3 Å². The molecule has 0 saturated carbocycles. The predicted molar refractivity (Wildman–Crippen MR) is 72.1 cm³/mol. The Kier molecular flexibility index (Phi) is 2.34. The highest BCUT2D eigenvalue weighted by atomic mass is 19.1. The molecule has 2 heteroatoms. The topological polar surface area (TPSA) is 12.4 Å². The van der Waals surface area contributed by atoms with Crippen LogP contribution in [-0.2, 0) is 5.41 Å². The van der Waals surface area contributed by atoms with E-state index in [0.717, 1.165) is 17.0 Å². The van der Waals surface area contributed by atoms with E-state index in [9.17, 15) is 4.39 Å². The minimum Gasteiger partial charge on any atom is -0.252 e. The number of hydrogen-bond acceptors (Lipinski definition) is 1. The lowest BCUT2D eigenvalue weighted by atomic mass is 9.79. The number of hydrogen-bond donors (Lipinski definition) is 0. The molecule has 0 aromatic heterocycles. The first-order chi connectivity index (χ1) is 8.59. The van der Waals surface area contributed by atoms with Gasteiger partial charge in [-0.2, -0.15) is 0 Å². The lowest BCUT2D eigenvalue weighted by Gasteiger charge is -2.22. The van der Waals surface area contributed by atoms with E-state index in [2.05, 4.69) is 19.9 Å². The van der Waals surface area contributed by atoms with E-state index in [-0.39, 0.29) is 11.2 Å². The van der Waals surface area contributed by atoms with Gasteiger partial charge in [0.15, 0.2) is 0 Å². The summed E-state index contributed by atoms with van der Waals surface area (Å²) in [4.78, 5) is 4.70. The number of nitrogens with zero attached hydrogens (tertiary/aromatic N) is 1. The summed E-state index contributed by atoms with van der Waals surface area (Å²) in [6, 6.07) is 14.7. The third kappa shape index (κ3) is 1.57. The number of fused-ring (bicyclic) bond motifs is 1. The van der Waals surface area contributed by atoms with Gasteiger partial charge in [0, 0.05) is 5.41 Å². The minimum absolute atomic E-state index is 0.131. The maximum absolute atomic E-state index is 13.0. The van der Waals surface area contributed by atoms with Crippen LogP contribution in [0.5, 0.6) is 0 Å². The van der Waals surface area contributed by atoms with Crippen LogP contribution in [-0.4, -0.2) is 5.71 Å². The summed E-state index contributed by atoms with van der Waals surface area (Å²) >= 11 is 0. The SMILES string of the molecule is CC1(C)C(c2ccc(F)cc2)=Nc2ccccc21. The van der Waals surface area contributed by atoms with Crippen LogP contribution in [0, 0.1) is 5.82 Å². The fraction of sp³-hybridized carbons (Fsp3) is 0.188. The highest BCUT2D eigenvalue weighted by Crippen LogP contribution is 2.41. The molecule has 0 atom stereocenters. The second-order valence-electron chi connectivity index (χ2n) is 5.11. The Morgan fingerprint density at radius 2 is 1.61 bits per heavy atom. The van der Waals surface area contributed by atoms with Crippen LogP contribution in [0.4, 0.5) is 10.1 Å². The average molecular weight is 239 g/mol. The van der Waals surface area contributed by atoms with Crippen molar-refractivity contribution in [2.45, 2.75) is 19.3 Å². The number of para-hydroxylation sites is 1. The largest absolute Gasteiger partial charge is 0.252 e. The molecule has 0 aliphatic carbocycles. The number of aliphatic imine (C=N–C) groups is 1. The number of benzene rings is 2. The highest BCUT2D eigenvalue weighted by Gasteiger charge is 2.35. The molecular formula is C16H14FN. The van der Waals surface area contributed by atoms with E-state index in [4.69, 9.17) is 4.99 Å². The van der Waals surface area contributed by atoms with Gasteiger partial charge in [-0.1, -0.05) is 44.2 Å². The van der Waals surface area contributed by atoms with Crippen molar-refractivity contribution in [2.24, 2.45) is 4.99 Å². The van der Waals surface area contributed by atoms with Crippen LogP contribution in [0.3, 0.4) is 0 Å². The van der Waals surface area contributed by atoms with Gasteiger partial charge in [0.1, 0.15) is 5.82 Å². The lowest BCUT2D eigenvalue weighted by Crippen LogP contribution is -2.26. The van der Waals surface area contributed by atoms with Crippen molar-refractivity contribution in [3.8, 4) is 0 Å². The molecule has 0 fully saturated rings. The molecule has 1 heterocycles. The lowest BCUT2D eigenvalue weighted by molar-refractivity contribution is 0.627. The third-order valence-corrected chi connectivity index (χ3v) is 3.52. The van der Waals surface area contributed by atoms with Crippen molar-refractivity contribution in [3.63, 3.8) is 0 Å². The van der Waals surface area contributed by atoms with Crippen molar-refractivity contribution in [1.82, 2.24) is 0 Å². The summed E-state index contributed by atoms with van der Waals surface area (Å²) in [5.74, 6) is -0.215. The van der Waals surface area contributed by atoms with Crippen LogP contribution in [0.2, 0.25) is 0 Å². The molecule has 2 aromatic rings. The second kappa shape index (κ2) is 3.77. The maximum Gasteiger partial charge on any atom is 0.123 e. The number of halogens is 1. The van der Waals surface area contributed by atoms with E-state index in [1.807, 2.05) is 18.2 Å². The van der Waals surface area contributed by atoms with E-state index in [1.54, 1.807) is 12.1 Å². The summed E-state index contributed by atoms with van der Waals surface area (Å²) in [5.41, 5.74) is 4.10. The molecule has 1 aliphatic rings. The molecule has 0 N–H and O–H groups in total. The molecule has 1 nitrogen and oxygen atoms in total. The monoisotopic (exact) mass is 239 g/mol. The molecule has 1 aliphatic heterocycles. The molecule has 0 radical (unpaired) electrons. The minimum atomic E-state index is -0.215. The second-order valence-corrected chi connectivity index (χ2v) is 5.11. The average Bonchev–Trinajstić information content (AvgIpc) is 2.63. The first-order valence-electron chi connectivity index (χ1n) is 6.03. The Morgan fingerprint density at radius 1 is 0.944 bits per heavy atom. The molecular weight excluding hydrogens is 225 g/mol. The Balaban J connectivity index is 2.13. The van der Waals surface area contributed by atoms with Crippen molar-refractivity contribution in [2.75, 3.05) is 0 Å². The molecule has 2 aromatic carbocycles. The molecule has 0 bridgehead atoms. The quantitative estimate of drug-likeness (QED) is 0.706. The van der Waals surface area contributed by atoms with Gasteiger partial charge in [-0.25, -0.2) is 4.39 Å². The zero-order valence-electron chi connectivity index (χ0n) is 10.4. The summed E-state index contributed by atoms with van der Waals surface area (Å²) < 4.78 is 13.0. The fourth-order valence-corrected chi connectivity index (χ4v) is 2.52. The normalized spacial score (nSPS) is 16.3. The molecule has 0 saturated heterocycles. The standard InChI is InChI=1S/C16H14FN/c1-16(2)13-5-3-4-6-14(13)18-15(16)11-7-9-12(17)10-8-11/h3-10H,1-2H3. The van der Waals surface area contributed by atoms with Gasteiger partial charge >= 0.3 is 0 Å². The van der Waals surface area contributed by atoms with Crippen molar-refractivity contribution in [3.05, 3.63) is 65.5 Å². The predicted octanol–water partition coefficient (Wildman–Crippen LogP) is 4.24. The first kappa shape index (κ1) is 11.1. The highest BCUT2D eigenvalue weighted by molar-refractivity contribution is 6.12. The van der Waals surface area contributed by atoms with E-state index in [0.29, 0.717) is 0 Å². The zero-order valence-corrected chi connectivity index (χ0v) is 10.4. The van der Waals surface area contributed by atoms with Crippen LogP contribution in [0.1, 0.15) is 25.0 Å². The van der Waals surface area contributed by atoms with Gasteiger partial charge in [0.25, 0.3) is 0 Å². The fourth-order valence-electron chi connectivity index (χ4n) is 2.52. The van der Waals surface area contributed by atoms with Crippen LogP contribution < -0.4 is 0 Å². The van der Waals surface area contributed by atoms with Crippen LogP contribution in [0.15, 0.2) is 53.5 Å². The van der Waals surface area contributed by atoms with E-state index in [1.165, 1.54) is 17.7 Å². The molecule has 3 rings (SSSR count). The maximum atomic E-state index is 13.0. The van der Waals surface area contributed by atoms with Gasteiger partial charge in [0.05, 0.1) is 11.4 Å². The summed E-state index contributed by atoms with van der Waals surface area (Å²) in [6.45, 7) is 4.31. The van der Waals surface area contributed by atoms with Crippen molar-refractivity contribution < 1.29 is 4.39 Å². The molecule has 0 unspecified atom stereocenters. The Bertz CT molecular complexity index is 624. The Hall–Kier alpha value is -1.96. The molecule has 18 heavy (non-hydrogen) atoms. The van der Waals surface area contributed by atoms with Crippen LogP contribution in [0.25, 0.3) is 0 Å². The smallest absolute Gasteiger partial charge is 0.123 e. The first-order valence-corrected chi connectivity index (χ1v) is 6.03. The van der Waals surface area contributed by atoms with E-state index >= 15 is 0 Å².